The highest BCUT2D eigenvalue weighted by Crippen LogP contribution is 2.37. The Labute approximate surface area is 245 Å². The van der Waals surface area contributed by atoms with Crippen LogP contribution in [0.5, 0.6) is 0 Å². The van der Waals surface area contributed by atoms with E-state index >= 15 is 0 Å². The van der Waals surface area contributed by atoms with E-state index in [1.54, 1.807) is 0 Å². The predicted octanol–water partition coefficient (Wildman–Crippen LogP) is 11.0. The third kappa shape index (κ3) is 5.27. The van der Waals surface area contributed by atoms with Crippen LogP contribution in [0.4, 0.5) is 0 Å². The molecule has 0 aliphatic carbocycles. The Balaban J connectivity index is 1.36. The summed E-state index contributed by atoms with van der Waals surface area (Å²) < 4.78 is 4.82. The summed E-state index contributed by atoms with van der Waals surface area (Å²) in [7, 11) is 0. The van der Waals surface area contributed by atoms with Crippen LogP contribution in [0.25, 0.3) is 54.7 Å². The number of rotatable bonds is 11. The van der Waals surface area contributed by atoms with Gasteiger partial charge >= 0.3 is 0 Å². The van der Waals surface area contributed by atoms with Crippen molar-refractivity contribution in [1.82, 2.24) is 9.13 Å². The first-order valence-corrected chi connectivity index (χ1v) is 15.6. The van der Waals surface area contributed by atoms with Gasteiger partial charge in [-0.15, -0.1) is 6.42 Å². The highest BCUT2D eigenvalue weighted by atomic mass is 15.0. The van der Waals surface area contributed by atoms with Crippen molar-refractivity contribution < 1.29 is 0 Å². The van der Waals surface area contributed by atoms with Crippen molar-refractivity contribution in [2.45, 2.75) is 85.2 Å². The van der Waals surface area contributed by atoms with Crippen LogP contribution in [0.15, 0.2) is 72.8 Å². The number of benzene rings is 4. The number of fused-ring (bicyclic) bond motifs is 6. The molecular formula is C39H42N2. The molecule has 0 fully saturated rings. The molecular weight excluding hydrogens is 496 g/mol. The lowest BCUT2D eigenvalue weighted by atomic mass is 10.00. The van der Waals surface area contributed by atoms with E-state index in [0.29, 0.717) is 6.54 Å². The van der Waals surface area contributed by atoms with Gasteiger partial charge in [0.15, 0.2) is 0 Å². The van der Waals surface area contributed by atoms with Gasteiger partial charge in [-0.05, 0) is 79.9 Å². The number of aromatic nitrogens is 2. The second-order valence-electron chi connectivity index (χ2n) is 11.9. The van der Waals surface area contributed by atoms with Crippen molar-refractivity contribution in [1.29, 1.82) is 0 Å². The highest BCUT2D eigenvalue weighted by Gasteiger charge is 2.15. The molecule has 0 spiro atoms. The maximum absolute atomic E-state index is 5.76. The number of hydrogen-bond donors (Lipinski definition) is 0. The average Bonchev–Trinajstić information content (AvgIpc) is 3.45. The van der Waals surface area contributed by atoms with E-state index in [0.717, 1.165) is 6.54 Å². The minimum Gasteiger partial charge on any atom is -0.340 e. The van der Waals surface area contributed by atoms with Gasteiger partial charge in [0.1, 0.15) is 0 Å². The standard InChI is InChI=1S/C39H42N2/c1-5-7-8-9-10-11-12-13-23-41-37-19-15-29(4)25-33(37)35-27-31(17-21-39(35)41)30-16-20-38-34(26-30)32-24-28(3)14-18-36(32)40(38)22-6-2/h2,14-21,24-27H,5,7-13,22-23H2,1,3-4H3. The zero-order valence-corrected chi connectivity index (χ0v) is 25.0. The van der Waals surface area contributed by atoms with Crippen LogP contribution in [0.2, 0.25) is 0 Å². The molecule has 0 saturated heterocycles. The van der Waals surface area contributed by atoms with Gasteiger partial charge in [-0.3, -0.25) is 0 Å². The smallest absolute Gasteiger partial charge is 0.0841 e. The van der Waals surface area contributed by atoms with E-state index < -0.39 is 0 Å². The van der Waals surface area contributed by atoms with E-state index in [2.05, 4.69) is 109 Å². The van der Waals surface area contributed by atoms with Gasteiger partial charge in [0.2, 0.25) is 0 Å². The van der Waals surface area contributed by atoms with Crippen molar-refractivity contribution in [2.24, 2.45) is 0 Å². The molecule has 0 radical (unpaired) electrons. The number of hydrogen-bond acceptors (Lipinski definition) is 0. The highest BCUT2D eigenvalue weighted by molar-refractivity contribution is 6.11. The first-order valence-electron chi connectivity index (χ1n) is 15.6. The van der Waals surface area contributed by atoms with Gasteiger partial charge < -0.3 is 9.13 Å². The molecule has 41 heavy (non-hydrogen) atoms. The summed E-state index contributed by atoms with van der Waals surface area (Å²) in [5.74, 6) is 2.85. The lowest BCUT2D eigenvalue weighted by molar-refractivity contribution is 0.553. The molecule has 0 saturated carbocycles. The van der Waals surface area contributed by atoms with Crippen LogP contribution in [0, 0.1) is 26.2 Å². The number of terminal acetylenes is 1. The van der Waals surface area contributed by atoms with E-state index in [4.69, 9.17) is 6.42 Å². The Hall–Kier alpha value is -3.96. The molecule has 2 heterocycles. The predicted molar refractivity (Wildman–Crippen MR) is 179 cm³/mol. The molecule has 0 aliphatic heterocycles. The molecule has 2 nitrogen and oxygen atoms in total. The monoisotopic (exact) mass is 538 g/mol. The summed E-state index contributed by atoms with van der Waals surface area (Å²) >= 11 is 0. The Bertz CT molecular complexity index is 1890. The molecule has 0 amide bonds. The Morgan fingerprint density at radius 1 is 0.537 bits per heavy atom. The maximum atomic E-state index is 5.76. The van der Waals surface area contributed by atoms with E-state index in [-0.39, 0.29) is 0 Å². The van der Waals surface area contributed by atoms with Crippen LogP contribution in [-0.4, -0.2) is 9.13 Å². The van der Waals surface area contributed by atoms with Gasteiger partial charge in [0.25, 0.3) is 0 Å². The molecule has 208 valence electrons. The molecule has 0 aliphatic rings. The maximum Gasteiger partial charge on any atom is 0.0841 e. The van der Waals surface area contributed by atoms with Crippen LogP contribution >= 0.6 is 0 Å². The van der Waals surface area contributed by atoms with Gasteiger partial charge in [-0.25, -0.2) is 0 Å². The number of unbranched alkanes of at least 4 members (excludes halogenated alkanes) is 7. The van der Waals surface area contributed by atoms with Crippen molar-refractivity contribution in [3.05, 3.63) is 83.9 Å². The summed E-state index contributed by atoms with van der Waals surface area (Å²) in [4.78, 5) is 0. The lowest BCUT2D eigenvalue weighted by Gasteiger charge is -2.09. The third-order valence-electron chi connectivity index (χ3n) is 8.86. The summed E-state index contributed by atoms with van der Waals surface area (Å²) in [5, 5.41) is 5.26. The summed E-state index contributed by atoms with van der Waals surface area (Å²) in [6, 6.07) is 27.6. The number of nitrogens with zero attached hydrogens (tertiary/aromatic N) is 2. The van der Waals surface area contributed by atoms with Gasteiger partial charge in [0.05, 0.1) is 12.1 Å². The first-order chi connectivity index (χ1) is 20.1. The quantitative estimate of drug-likeness (QED) is 0.115. The molecule has 6 rings (SSSR count). The molecule has 0 unspecified atom stereocenters. The zero-order chi connectivity index (χ0) is 28.3. The zero-order valence-electron chi connectivity index (χ0n) is 25.0. The molecule has 6 aromatic rings. The summed E-state index contributed by atoms with van der Waals surface area (Å²) in [6.45, 7) is 8.31. The van der Waals surface area contributed by atoms with Crippen molar-refractivity contribution in [2.75, 3.05) is 0 Å². The van der Waals surface area contributed by atoms with Crippen molar-refractivity contribution in [3.63, 3.8) is 0 Å². The summed E-state index contributed by atoms with van der Waals surface area (Å²) in [6.07, 6.45) is 16.5. The minimum atomic E-state index is 0.575. The van der Waals surface area contributed by atoms with Gasteiger partial charge in [-0.2, -0.15) is 0 Å². The van der Waals surface area contributed by atoms with Crippen LogP contribution in [-0.2, 0) is 13.1 Å². The van der Waals surface area contributed by atoms with E-state index in [9.17, 15) is 0 Å². The summed E-state index contributed by atoms with van der Waals surface area (Å²) in [5.41, 5.74) is 10.2. The second kappa shape index (κ2) is 11.9. The Morgan fingerprint density at radius 3 is 1.49 bits per heavy atom. The molecule has 4 aromatic carbocycles. The van der Waals surface area contributed by atoms with Crippen LogP contribution in [0.3, 0.4) is 0 Å². The van der Waals surface area contributed by atoms with Crippen LogP contribution < -0.4 is 0 Å². The van der Waals surface area contributed by atoms with Crippen molar-refractivity contribution >= 4 is 43.6 Å². The Kier molecular flexibility index (Phi) is 7.89. The first kappa shape index (κ1) is 27.2. The third-order valence-corrected chi connectivity index (χ3v) is 8.86. The second-order valence-corrected chi connectivity index (χ2v) is 11.9. The number of aryl methyl sites for hydroxylation is 3. The molecule has 0 bridgehead atoms. The fraction of sp³-hybridized carbons (Fsp3) is 0.333. The Morgan fingerprint density at radius 2 is 0.976 bits per heavy atom. The average molecular weight is 539 g/mol. The fourth-order valence-electron chi connectivity index (χ4n) is 6.70. The fourth-order valence-corrected chi connectivity index (χ4v) is 6.70. The van der Waals surface area contributed by atoms with E-state index in [1.807, 2.05) is 0 Å². The SMILES string of the molecule is C#CCn1c2ccc(C)cc2c2cc(-c3ccc4c(c3)c3cc(C)ccc3n4CCCCCCCCCC)ccc21. The van der Waals surface area contributed by atoms with E-state index in [1.165, 1.54) is 117 Å². The molecule has 0 atom stereocenters. The topological polar surface area (TPSA) is 9.86 Å². The minimum absolute atomic E-state index is 0.575. The van der Waals surface area contributed by atoms with Crippen molar-refractivity contribution in [3.8, 4) is 23.5 Å². The molecule has 2 aromatic heterocycles. The molecule has 0 N–H and O–H groups in total. The van der Waals surface area contributed by atoms with Crippen LogP contribution in [0.1, 0.15) is 69.4 Å². The van der Waals surface area contributed by atoms with Gasteiger partial charge in [0, 0.05) is 44.6 Å². The normalized spacial score (nSPS) is 11.8. The largest absolute Gasteiger partial charge is 0.340 e. The lowest BCUT2D eigenvalue weighted by Crippen LogP contribution is -1.98. The molecule has 2 heteroatoms. The van der Waals surface area contributed by atoms with Gasteiger partial charge in [-0.1, -0.05) is 93.2 Å².